The van der Waals surface area contributed by atoms with Gasteiger partial charge in [-0.3, -0.25) is 0 Å². The molecule has 19 heavy (non-hydrogen) atoms. The monoisotopic (exact) mass is 321 g/mol. The quantitative estimate of drug-likeness (QED) is 0.806. The maximum atomic E-state index is 6.08. The highest BCUT2D eigenvalue weighted by molar-refractivity contribution is 9.10. The van der Waals surface area contributed by atoms with Gasteiger partial charge in [0.1, 0.15) is 11.3 Å². The molecule has 3 rings (SSSR count). The lowest BCUT2D eigenvalue weighted by Crippen LogP contribution is -2.22. The van der Waals surface area contributed by atoms with Crippen molar-refractivity contribution in [1.29, 1.82) is 0 Å². The number of furan rings is 1. The molecule has 1 saturated carbocycles. The summed E-state index contributed by atoms with van der Waals surface area (Å²) in [6.45, 7) is 3.26. The van der Waals surface area contributed by atoms with E-state index in [0.29, 0.717) is 6.04 Å². The molecule has 1 aliphatic carbocycles. The third-order valence-corrected chi connectivity index (χ3v) is 4.39. The predicted molar refractivity (Wildman–Crippen MR) is 82.3 cm³/mol. The molecule has 1 aliphatic rings. The van der Waals surface area contributed by atoms with Crippen LogP contribution >= 0.6 is 15.9 Å². The zero-order chi connectivity index (χ0) is 13.2. The van der Waals surface area contributed by atoms with Crippen molar-refractivity contribution in [1.82, 2.24) is 5.32 Å². The van der Waals surface area contributed by atoms with E-state index in [1.807, 2.05) is 6.07 Å². The molecule has 2 aromatic rings. The highest BCUT2D eigenvalue weighted by Crippen LogP contribution is 2.39. The molecule has 1 N–H and O–H groups in total. The first-order valence-electron chi connectivity index (χ1n) is 7.19. The fourth-order valence-corrected chi connectivity index (χ4v) is 2.99. The van der Waals surface area contributed by atoms with E-state index >= 15 is 0 Å². The third-order valence-electron chi connectivity index (χ3n) is 3.77. The van der Waals surface area contributed by atoms with Crippen molar-refractivity contribution in [3.05, 3.63) is 34.5 Å². The second-order valence-corrected chi connectivity index (χ2v) is 6.35. The fourth-order valence-electron chi connectivity index (χ4n) is 2.52. The first-order valence-corrected chi connectivity index (χ1v) is 7.98. The van der Waals surface area contributed by atoms with Gasteiger partial charge in [0.05, 0.1) is 10.5 Å². The summed E-state index contributed by atoms with van der Waals surface area (Å²) in [6, 6.07) is 8.76. The second kappa shape index (κ2) is 5.68. The predicted octanol–water partition coefficient (Wildman–Crippen LogP) is 5.04. The number of hydrogen-bond acceptors (Lipinski definition) is 2. The summed E-state index contributed by atoms with van der Waals surface area (Å²) >= 11 is 3.56. The van der Waals surface area contributed by atoms with E-state index in [0.717, 1.165) is 34.7 Å². The summed E-state index contributed by atoms with van der Waals surface area (Å²) in [5.41, 5.74) is 0.969. The van der Waals surface area contributed by atoms with Crippen molar-refractivity contribution in [3.8, 4) is 0 Å². The van der Waals surface area contributed by atoms with Crippen LogP contribution in [0.5, 0.6) is 0 Å². The number of para-hydroxylation sites is 1. The number of benzene rings is 1. The summed E-state index contributed by atoms with van der Waals surface area (Å²) in [5.74, 6) is 1.98. The highest BCUT2D eigenvalue weighted by atomic mass is 79.9. The highest BCUT2D eigenvalue weighted by Gasteiger charge is 2.27. The van der Waals surface area contributed by atoms with Crippen LogP contribution in [0.25, 0.3) is 11.0 Å². The number of fused-ring (bicyclic) bond motifs is 1. The molecule has 3 heteroatoms. The Morgan fingerprint density at radius 1 is 1.42 bits per heavy atom. The molecule has 1 unspecified atom stereocenters. The van der Waals surface area contributed by atoms with Crippen LogP contribution in [0.1, 0.15) is 44.4 Å². The van der Waals surface area contributed by atoms with Gasteiger partial charge in [0, 0.05) is 5.39 Å². The maximum Gasteiger partial charge on any atom is 0.148 e. The van der Waals surface area contributed by atoms with Gasteiger partial charge in [-0.15, -0.1) is 0 Å². The topological polar surface area (TPSA) is 25.2 Å². The Labute approximate surface area is 122 Å². The molecule has 0 spiro atoms. The van der Waals surface area contributed by atoms with E-state index in [-0.39, 0.29) is 0 Å². The Morgan fingerprint density at radius 3 is 2.95 bits per heavy atom. The van der Waals surface area contributed by atoms with Gasteiger partial charge < -0.3 is 9.73 Å². The van der Waals surface area contributed by atoms with Crippen molar-refractivity contribution >= 4 is 26.9 Å². The van der Waals surface area contributed by atoms with Crippen LogP contribution in [-0.2, 0) is 0 Å². The summed E-state index contributed by atoms with van der Waals surface area (Å²) in [4.78, 5) is 0. The van der Waals surface area contributed by atoms with Crippen molar-refractivity contribution in [2.24, 2.45) is 5.92 Å². The van der Waals surface area contributed by atoms with E-state index in [1.165, 1.54) is 24.6 Å². The van der Waals surface area contributed by atoms with E-state index < -0.39 is 0 Å². The fraction of sp³-hybridized carbons (Fsp3) is 0.500. The van der Waals surface area contributed by atoms with Gasteiger partial charge in [-0.1, -0.05) is 31.9 Å². The molecule has 2 nitrogen and oxygen atoms in total. The SMILES string of the molecule is CCCNC(CC1CC1)c1cc2cccc(Br)c2o1. The Bertz CT molecular complexity index is 559. The zero-order valence-electron chi connectivity index (χ0n) is 11.3. The van der Waals surface area contributed by atoms with Gasteiger partial charge in [-0.2, -0.15) is 0 Å². The van der Waals surface area contributed by atoms with Crippen LogP contribution in [0.15, 0.2) is 33.2 Å². The zero-order valence-corrected chi connectivity index (χ0v) is 12.9. The molecule has 1 heterocycles. The summed E-state index contributed by atoms with van der Waals surface area (Å²) in [7, 11) is 0. The van der Waals surface area contributed by atoms with Crippen LogP contribution in [0, 0.1) is 5.92 Å². The Hall–Kier alpha value is -0.800. The minimum Gasteiger partial charge on any atom is -0.458 e. The van der Waals surface area contributed by atoms with Crippen molar-refractivity contribution < 1.29 is 4.42 Å². The largest absolute Gasteiger partial charge is 0.458 e. The molecule has 1 aromatic heterocycles. The van der Waals surface area contributed by atoms with Crippen LogP contribution in [-0.4, -0.2) is 6.54 Å². The van der Waals surface area contributed by atoms with E-state index in [2.05, 4.69) is 46.4 Å². The number of halogens is 1. The number of nitrogens with one attached hydrogen (secondary N) is 1. The first-order chi connectivity index (χ1) is 9.28. The normalized spacial score (nSPS) is 16.9. The van der Waals surface area contributed by atoms with Gasteiger partial charge in [0.2, 0.25) is 0 Å². The lowest BCUT2D eigenvalue weighted by molar-refractivity contribution is 0.396. The van der Waals surface area contributed by atoms with Gasteiger partial charge in [0.25, 0.3) is 0 Å². The molecular weight excluding hydrogens is 302 g/mol. The Balaban J connectivity index is 1.87. The minimum atomic E-state index is 0.367. The average Bonchev–Trinajstić information content (AvgIpc) is 3.11. The third kappa shape index (κ3) is 3.03. The van der Waals surface area contributed by atoms with Crippen molar-refractivity contribution in [2.75, 3.05) is 6.54 Å². The Morgan fingerprint density at radius 2 is 2.26 bits per heavy atom. The molecule has 1 atom stereocenters. The van der Waals surface area contributed by atoms with Crippen LogP contribution < -0.4 is 5.32 Å². The lowest BCUT2D eigenvalue weighted by atomic mass is 10.1. The maximum absolute atomic E-state index is 6.08. The van der Waals surface area contributed by atoms with Crippen LogP contribution in [0.2, 0.25) is 0 Å². The van der Waals surface area contributed by atoms with Crippen LogP contribution in [0.3, 0.4) is 0 Å². The molecule has 0 radical (unpaired) electrons. The van der Waals surface area contributed by atoms with Gasteiger partial charge in [-0.05, 0) is 53.4 Å². The standard InChI is InChI=1S/C16H20BrNO/c1-2-8-18-14(9-11-6-7-11)15-10-12-4-3-5-13(17)16(12)19-15/h3-5,10-11,14,18H,2,6-9H2,1H3. The number of rotatable bonds is 6. The summed E-state index contributed by atoms with van der Waals surface area (Å²) < 4.78 is 7.12. The first kappa shape index (κ1) is 13.2. The van der Waals surface area contributed by atoms with Crippen LogP contribution in [0.4, 0.5) is 0 Å². The summed E-state index contributed by atoms with van der Waals surface area (Å²) in [6.07, 6.45) is 5.13. The van der Waals surface area contributed by atoms with Crippen molar-refractivity contribution in [3.63, 3.8) is 0 Å². The smallest absolute Gasteiger partial charge is 0.148 e. The molecule has 0 bridgehead atoms. The van der Waals surface area contributed by atoms with Gasteiger partial charge in [-0.25, -0.2) is 0 Å². The minimum absolute atomic E-state index is 0.367. The van der Waals surface area contributed by atoms with E-state index in [9.17, 15) is 0 Å². The average molecular weight is 322 g/mol. The molecule has 0 amide bonds. The second-order valence-electron chi connectivity index (χ2n) is 5.49. The molecule has 1 aromatic carbocycles. The molecule has 0 saturated heterocycles. The Kier molecular flexibility index (Phi) is 3.94. The van der Waals surface area contributed by atoms with Gasteiger partial charge in [0.15, 0.2) is 0 Å². The van der Waals surface area contributed by atoms with E-state index in [1.54, 1.807) is 0 Å². The van der Waals surface area contributed by atoms with Gasteiger partial charge >= 0.3 is 0 Å². The molecular formula is C16H20BrNO. The van der Waals surface area contributed by atoms with Crippen molar-refractivity contribution in [2.45, 2.75) is 38.6 Å². The van der Waals surface area contributed by atoms with E-state index in [4.69, 9.17) is 4.42 Å². The molecule has 0 aliphatic heterocycles. The number of hydrogen-bond donors (Lipinski definition) is 1. The molecule has 1 fully saturated rings. The summed E-state index contributed by atoms with van der Waals surface area (Å²) in [5, 5.41) is 4.81. The lowest BCUT2D eigenvalue weighted by Gasteiger charge is -2.15. The molecule has 102 valence electrons.